The summed E-state index contributed by atoms with van der Waals surface area (Å²) in [4.78, 5) is 4.11. The average molecular weight is 265 g/mol. The van der Waals surface area contributed by atoms with Crippen molar-refractivity contribution in [3.63, 3.8) is 0 Å². The van der Waals surface area contributed by atoms with Gasteiger partial charge in [0.05, 0.1) is 0 Å². The Bertz CT molecular complexity index is 364. The normalized spacial score (nSPS) is 18.7. The Labute approximate surface area is 114 Å². The van der Waals surface area contributed by atoms with E-state index in [0.29, 0.717) is 0 Å². The van der Waals surface area contributed by atoms with E-state index in [1.165, 1.54) is 32.1 Å². The highest BCUT2D eigenvalue weighted by Crippen LogP contribution is 2.28. The molecule has 1 fully saturated rings. The first-order valence-corrected chi connectivity index (χ1v) is 7.86. The largest absolute Gasteiger partial charge is 0.398 e. The Morgan fingerprint density at radius 1 is 1.33 bits per heavy atom. The van der Waals surface area contributed by atoms with Crippen LogP contribution in [0.5, 0.6) is 0 Å². The lowest BCUT2D eigenvalue weighted by Crippen LogP contribution is -2.27. The Hall–Kier alpha value is -0.740. The van der Waals surface area contributed by atoms with E-state index in [1.807, 2.05) is 24.0 Å². The van der Waals surface area contributed by atoms with Crippen molar-refractivity contribution < 1.29 is 0 Å². The van der Waals surface area contributed by atoms with Crippen LogP contribution in [0.15, 0.2) is 18.5 Å². The first kappa shape index (κ1) is 13.7. The summed E-state index contributed by atoms with van der Waals surface area (Å²) >= 11 is 2.04. The second-order valence-corrected chi connectivity index (χ2v) is 6.47. The van der Waals surface area contributed by atoms with E-state index in [9.17, 15) is 0 Å². The lowest BCUT2D eigenvalue weighted by Gasteiger charge is -2.22. The standard InChI is InChI=1S/C14H23N3S/c15-12(8-11-9-17-7-6-14(11)16)10-18-13-4-2-1-3-5-13/h6-7,9,12-13H,1-5,8,10,15H2,(H2,16,17). The van der Waals surface area contributed by atoms with Crippen molar-refractivity contribution in [2.75, 3.05) is 11.5 Å². The minimum Gasteiger partial charge on any atom is -0.398 e. The SMILES string of the molecule is Nc1ccncc1CC(N)CSC1CCCCC1. The van der Waals surface area contributed by atoms with Crippen LogP contribution in [-0.2, 0) is 6.42 Å². The molecule has 0 saturated heterocycles. The van der Waals surface area contributed by atoms with E-state index in [4.69, 9.17) is 11.5 Å². The number of nitrogens with two attached hydrogens (primary N) is 2. The maximum Gasteiger partial charge on any atom is 0.0378 e. The molecule has 1 heterocycles. The number of nitrogen functional groups attached to an aromatic ring is 1. The van der Waals surface area contributed by atoms with Gasteiger partial charge in [-0.2, -0.15) is 11.8 Å². The van der Waals surface area contributed by atoms with Gasteiger partial charge in [-0.15, -0.1) is 0 Å². The highest BCUT2D eigenvalue weighted by molar-refractivity contribution is 7.99. The van der Waals surface area contributed by atoms with Crippen molar-refractivity contribution in [3.8, 4) is 0 Å². The number of anilines is 1. The Morgan fingerprint density at radius 3 is 2.83 bits per heavy atom. The van der Waals surface area contributed by atoms with Gasteiger partial charge in [0.15, 0.2) is 0 Å². The molecule has 1 aromatic rings. The lowest BCUT2D eigenvalue weighted by molar-refractivity contribution is 0.515. The molecule has 0 radical (unpaired) electrons. The Balaban J connectivity index is 1.74. The first-order chi connectivity index (χ1) is 8.75. The molecule has 1 unspecified atom stereocenters. The maximum absolute atomic E-state index is 6.19. The van der Waals surface area contributed by atoms with Gasteiger partial charge in [0.2, 0.25) is 0 Å². The summed E-state index contributed by atoms with van der Waals surface area (Å²) in [5, 5.41) is 0.830. The summed E-state index contributed by atoms with van der Waals surface area (Å²) in [5.74, 6) is 1.03. The molecule has 0 bridgehead atoms. The van der Waals surface area contributed by atoms with Gasteiger partial charge in [0.1, 0.15) is 0 Å². The summed E-state index contributed by atoms with van der Waals surface area (Å²) in [5.41, 5.74) is 14.0. The van der Waals surface area contributed by atoms with E-state index >= 15 is 0 Å². The molecule has 3 nitrogen and oxygen atoms in total. The van der Waals surface area contributed by atoms with Crippen LogP contribution in [0.25, 0.3) is 0 Å². The minimum absolute atomic E-state index is 0.184. The highest BCUT2D eigenvalue weighted by Gasteiger charge is 2.15. The highest BCUT2D eigenvalue weighted by atomic mass is 32.2. The average Bonchev–Trinajstić information content (AvgIpc) is 2.40. The van der Waals surface area contributed by atoms with Crippen molar-refractivity contribution in [2.24, 2.45) is 5.73 Å². The fraction of sp³-hybridized carbons (Fsp3) is 0.643. The van der Waals surface area contributed by atoms with Crippen molar-refractivity contribution in [1.29, 1.82) is 0 Å². The van der Waals surface area contributed by atoms with Gasteiger partial charge < -0.3 is 11.5 Å². The molecule has 4 N–H and O–H groups in total. The van der Waals surface area contributed by atoms with Gasteiger partial charge in [0, 0.05) is 35.1 Å². The monoisotopic (exact) mass is 265 g/mol. The minimum atomic E-state index is 0.184. The first-order valence-electron chi connectivity index (χ1n) is 6.81. The van der Waals surface area contributed by atoms with Gasteiger partial charge in [-0.05, 0) is 30.9 Å². The molecule has 0 aromatic carbocycles. The van der Waals surface area contributed by atoms with Crippen LogP contribution in [-0.4, -0.2) is 22.0 Å². The van der Waals surface area contributed by atoms with E-state index in [2.05, 4.69) is 4.98 Å². The molecule has 1 atom stereocenters. The molecule has 1 aliphatic rings. The lowest BCUT2D eigenvalue weighted by atomic mass is 10.0. The summed E-state index contributed by atoms with van der Waals surface area (Å²) in [7, 11) is 0. The van der Waals surface area contributed by atoms with Crippen LogP contribution >= 0.6 is 11.8 Å². The van der Waals surface area contributed by atoms with Crippen LogP contribution in [0.1, 0.15) is 37.7 Å². The van der Waals surface area contributed by atoms with Crippen molar-refractivity contribution in [3.05, 3.63) is 24.0 Å². The summed E-state index contributed by atoms with van der Waals surface area (Å²) in [6.07, 6.45) is 11.3. The molecule has 0 spiro atoms. The molecule has 4 heteroatoms. The number of nitrogens with zero attached hydrogens (tertiary/aromatic N) is 1. The van der Waals surface area contributed by atoms with Crippen molar-refractivity contribution in [2.45, 2.75) is 49.8 Å². The zero-order valence-electron chi connectivity index (χ0n) is 10.8. The van der Waals surface area contributed by atoms with Gasteiger partial charge in [0.25, 0.3) is 0 Å². The molecule has 1 aromatic heterocycles. The van der Waals surface area contributed by atoms with Crippen LogP contribution < -0.4 is 11.5 Å². The molecule has 0 amide bonds. The number of aromatic nitrogens is 1. The number of hydrogen-bond donors (Lipinski definition) is 2. The third-order valence-corrected chi connectivity index (χ3v) is 5.09. The number of hydrogen-bond acceptors (Lipinski definition) is 4. The third kappa shape index (κ3) is 4.18. The van der Waals surface area contributed by atoms with Gasteiger partial charge in [-0.25, -0.2) is 0 Å². The van der Waals surface area contributed by atoms with E-state index in [-0.39, 0.29) is 6.04 Å². The zero-order valence-corrected chi connectivity index (χ0v) is 11.7. The molecule has 0 aliphatic heterocycles. The number of pyridine rings is 1. The van der Waals surface area contributed by atoms with Crippen molar-refractivity contribution >= 4 is 17.4 Å². The van der Waals surface area contributed by atoms with E-state index in [1.54, 1.807) is 6.20 Å². The smallest absolute Gasteiger partial charge is 0.0378 e. The van der Waals surface area contributed by atoms with Crippen LogP contribution in [0.3, 0.4) is 0 Å². The number of rotatable bonds is 5. The second kappa shape index (κ2) is 7.00. The predicted molar refractivity (Wildman–Crippen MR) is 79.7 cm³/mol. The maximum atomic E-state index is 6.19. The van der Waals surface area contributed by atoms with Gasteiger partial charge in [-0.3, -0.25) is 4.98 Å². The van der Waals surface area contributed by atoms with Gasteiger partial charge >= 0.3 is 0 Å². The number of thioether (sulfide) groups is 1. The quantitative estimate of drug-likeness (QED) is 0.859. The topological polar surface area (TPSA) is 64.9 Å². The molecule has 2 rings (SSSR count). The fourth-order valence-electron chi connectivity index (χ4n) is 2.44. The zero-order chi connectivity index (χ0) is 12.8. The van der Waals surface area contributed by atoms with Crippen LogP contribution in [0, 0.1) is 0 Å². The Kier molecular flexibility index (Phi) is 5.32. The van der Waals surface area contributed by atoms with Gasteiger partial charge in [-0.1, -0.05) is 19.3 Å². The van der Waals surface area contributed by atoms with Crippen LogP contribution in [0.4, 0.5) is 5.69 Å². The van der Waals surface area contributed by atoms with Crippen molar-refractivity contribution in [1.82, 2.24) is 4.98 Å². The predicted octanol–water partition coefficient (Wildman–Crippen LogP) is 2.60. The summed E-state index contributed by atoms with van der Waals surface area (Å²) in [6, 6.07) is 2.03. The van der Waals surface area contributed by atoms with E-state index in [0.717, 1.165) is 28.7 Å². The molecule has 1 saturated carbocycles. The fourth-order valence-corrected chi connectivity index (χ4v) is 3.75. The molecular formula is C14H23N3S. The molecule has 18 heavy (non-hydrogen) atoms. The Morgan fingerprint density at radius 2 is 2.11 bits per heavy atom. The second-order valence-electron chi connectivity index (χ2n) is 5.13. The molecule has 100 valence electrons. The summed E-state index contributed by atoms with van der Waals surface area (Å²) in [6.45, 7) is 0. The molecular weight excluding hydrogens is 242 g/mol. The summed E-state index contributed by atoms with van der Waals surface area (Å²) < 4.78 is 0. The third-order valence-electron chi connectivity index (χ3n) is 3.52. The van der Waals surface area contributed by atoms with E-state index < -0.39 is 0 Å². The molecule has 1 aliphatic carbocycles. The van der Waals surface area contributed by atoms with Crippen LogP contribution in [0.2, 0.25) is 0 Å².